The highest BCUT2D eigenvalue weighted by Crippen LogP contribution is 2.27. The van der Waals surface area contributed by atoms with Crippen molar-refractivity contribution in [1.82, 2.24) is 5.43 Å². The Labute approximate surface area is 134 Å². The number of halogens is 3. The van der Waals surface area contributed by atoms with Crippen molar-refractivity contribution in [3.63, 3.8) is 0 Å². The lowest BCUT2D eigenvalue weighted by molar-refractivity contribution is 0.553. The number of nitrogens with two attached hydrogens (primary N) is 1. The smallest absolute Gasteiger partial charge is 0.0656 e. The van der Waals surface area contributed by atoms with Crippen LogP contribution in [0, 0.1) is 2.88 Å². The number of nitrogens with one attached hydrogen (secondary N) is 1. The molecule has 0 saturated heterocycles. The Balaban J connectivity index is 2.17. The van der Waals surface area contributed by atoms with E-state index in [1.165, 1.54) is 8.45 Å². The predicted molar refractivity (Wildman–Crippen MR) is 87.3 cm³/mol. The summed E-state index contributed by atoms with van der Waals surface area (Å²) in [6, 6.07) is 7.88. The van der Waals surface area contributed by atoms with E-state index in [-0.39, 0.29) is 6.04 Å². The number of hydrogen-bond donors (Lipinski definition) is 2. The van der Waals surface area contributed by atoms with Crippen molar-refractivity contribution >= 4 is 57.1 Å². The Kier molecular flexibility index (Phi) is 5.29. The second-order valence-corrected chi connectivity index (χ2v) is 7.48. The van der Waals surface area contributed by atoms with E-state index in [4.69, 9.17) is 29.0 Å². The maximum atomic E-state index is 6.01. The fourth-order valence-corrected chi connectivity index (χ4v) is 3.43. The number of hydrogen-bond acceptors (Lipinski definition) is 3. The van der Waals surface area contributed by atoms with Gasteiger partial charge in [-0.25, -0.2) is 0 Å². The van der Waals surface area contributed by atoms with Crippen LogP contribution in [0.2, 0.25) is 10.0 Å². The summed E-state index contributed by atoms with van der Waals surface area (Å²) in [4.78, 5) is 0. The molecule has 0 saturated carbocycles. The van der Waals surface area contributed by atoms with Gasteiger partial charge in [0.2, 0.25) is 0 Å². The van der Waals surface area contributed by atoms with Gasteiger partial charge >= 0.3 is 0 Å². The van der Waals surface area contributed by atoms with Gasteiger partial charge in [0.25, 0.3) is 0 Å². The standard InChI is InChI=1S/C12H11Cl2IN2S/c13-9-2-1-7(3-10(9)14)4-11(17-16)8-5-12(15)18-6-8/h1-3,5-6,11,17H,4,16H2. The SMILES string of the molecule is NNC(Cc1ccc(Cl)c(Cl)c1)c1csc(I)c1. The van der Waals surface area contributed by atoms with E-state index >= 15 is 0 Å². The van der Waals surface area contributed by atoms with E-state index in [9.17, 15) is 0 Å². The number of rotatable bonds is 4. The largest absolute Gasteiger partial charge is 0.271 e. The predicted octanol–water partition coefficient (Wildman–Crippen LogP) is 4.41. The molecule has 96 valence electrons. The highest BCUT2D eigenvalue weighted by atomic mass is 127. The Morgan fingerprint density at radius 1 is 1.28 bits per heavy atom. The molecule has 2 rings (SSSR count). The van der Waals surface area contributed by atoms with Crippen LogP contribution in [0.25, 0.3) is 0 Å². The van der Waals surface area contributed by atoms with Crippen LogP contribution in [-0.2, 0) is 6.42 Å². The van der Waals surface area contributed by atoms with Crippen molar-refractivity contribution in [2.45, 2.75) is 12.5 Å². The van der Waals surface area contributed by atoms with Gasteiger partial charge in [0.1, 0.15) is 0 Å². The van der Waals surface area contributed by atoms with Crippen LogP contribution in [0.3, 0.4) is 0 Å². The number of hydrazine groups is 1. The lowest BCUT2D eigenvalue weighted by Gasteiger charge is -2.15. The summed E-state index contributed by atoms with van der Waals surface area (Å²) in [6.07, 6.45) is 0.778. The lowest BCUT2D eigenvalue weighted by Crippen LogP contribution is -2.29. The molecule has 0 spiro atoms. The average Bonchev–Trinajstić information content (AvgIpc) is 2.77. The first-order valence-electron chi connectivity index (χ1n) is 5.24. The average molecular weight is 413 g/mol. The fraction of sp³-hybridized carbons (Fsp3) is 0.167. The number of benzene rings is 1. The molecule has 1 unspecified atom stereocenters. The summed E-state index contributed by atoms with van der Waals surface area (Å²) in [6.45, 7) is 0. The van der Waals surface area contributed by atoms with Crippen molar-refractivity contribution in [3.05, 3.63) is 53.7 Å². The van der Waals surface area contributed by atoms with Gasteiger partial charge in [-0.15, -0.1) is 11.3 Å². The maximum absolute atomic E-state index is 6.01. The topological polar surface area (TPSA) is 38.0 Å². The van der Waals surface area contributed by atoms with E-state index < -0.39 is 0 Å². The van der Waals surface area contributed by atoms with Crippen molar-refractivity contribution < 1.29 is 0 Å². The van der Waals surface area contributed by atoms with Gasteiger partial charge in [-0.1, -0.05) is 29.3 Å². The summed E-state index contributed by atoms with van der Waals surface area (Å²) < 4.78 is 1.25. The molecule has 0 fully saturated rings. The molecule has 18 heavy (non-hydrogen) atoms. The van der Waals surface area contributed by atoms with Crippen LogP contribution in [0.1, 0.15) is 17.2 Å². The van der Waals surface area contributed by atoms with Crippen molar-refractivity contribution in [2.24, 2.45) is 5.84 Å². The zero-order valence-corrected chi connectivity index (χ0v) is 13.8. The van der Waals surface area contributed by atoms with Gasteiger partial charge in [0.05, 0.1) is 19.0 Å². The molecule has 2 nitrogen and oxygen atoms in total. The molecule has 0 aliphatic rings. The normalized spacial score (nSPS) is 12.7. The highest BCUT2D eigenvalue weighted by molar-refractivity contribution is 14.1. The first kappa shape index (κ1) is 14.6. The molecule has 0 aliphatic heterocycles. The van der Waals surface area contributed by atoms with Gasteiger partial charge < -0.3 is 0 Å². The van der Waals surface area contributed by atoms with Gasteiger partial charge in [-0.2, -0.15) is 0 Å². The molecule has 2 aromatic rings. The highest BCUT2D eigenvalue weighted by Gasteiger charge is 2.13. The third-order valence-electron chi connectivity index (χ3n) is 2.62. The van der Waals surface area contributed by atoms with Gasteiger partial charge in [0.15, 0.2) is 0 Å². The second kappa shape index (κ2) is 6.54. The zero-order valence-electron chi connectivity index (χ0n) is 9.29. The summed E-state index contributed by atoms with van der Waals surface area (Å²) >= 11 is 15.9. The molecule has 3 N–H and O–H groups in total. The second-order valence-electron chi connectivity index (χ2n) is 3.86. The van der Waals surface area contributed by atoms with Gasteiger partial charge in [0, 0.05) is 0 Å². The Hall–Kier alpha value is 0.150. The third-order valence-corrected chi connectivity index (χ3v) is 5.16. The molecule has 6 heteroatoms. The molecule has 0 aliphatic carbocycles. The minimum atomic E-state index is 0.0852. The van der Waals surface area contributed by atoms with Crippen LogP contribution in [0.4, 0.5) is 0 Å². The van der Waals surface area contributed by atoms with Crippen molar-refractivity contribution in [1.29, 1.82) is 0 Å². The number of thiophene rings is 1. The van der Waals surface area contributed by atoms with Crippen LogP contribution in [-0.4, -0.2) is 0 Å². The van der Waals surface area contributed by atoms with Crippen molar-refractivity contribution in [2.75, 3.05) is 0 Å². The van der Waals surface area contributed by atoms with Crippen LogP contribution in [0.5, 0.6) is 0 Å². The first-order valence-corrected chi connectivity index (χ1v) is 7.95. The fourth-order valence-electron chi connectivity index (χ4n) is 1.68. The Morgan fingerprint density at radius 2 is 2.06 bits per heavy atom. The molecule has 0 bridgehead atoms. The summed E-state index contributed by atoms with van der Waals surface area (Å²) in [5.41, 5.74) is 5.14. The monoisotopic (exact) mass is 412 g/mol. The lowest BCUT2D eigenvalue weighted by atomic mass is 10.0. The zero-order chi connectivity index (χ0) is 13.1. The van der Waals surface area contributed by atoms with Crippen LogP contribution in [0.15, 0.2) is 29.6 Å². The molecule has 1 atom stereocenters. The van der Waals surface area contributed by atoms with E-state index in [1.54, 1.807) is 11.3 Å². The quantitative estimate of drug-likeness (QED) is 0.443. The van der Waals surface area contributed by atoms with Crippen LogP contribution >= 0.6 is 57.1 Å². The molecule has 0 amide bonds. The summed E-state index contributed by atoms with van der Waals surface area (Å²) in [5, 5.41) is 3.26. The molecule has 1 aromatic heterocycles. The van der Waals surface area contributed by atoms with E-state index in [2.05, 4.69) is 39.5 Å². The Morgan fingerprint density at radius 3 is 2.61 bits per heavy atom. The third kappa shape index (κ3) is 3.59. The molecular weight excluding hydrogens is 402 g/mol. The minimum absolute atomic E-state index is 0.0852. The minimum Gasteiger partial charge on any atom is -0.271 e. The molecule has 1 heterocycles. The molecule has 0 radical (unpaired) electrons. The summed E-state index contributed by atoms with van der Waals surface area (Å²) in [7, 11) is 0. The van der Waals surface area contributed by atoms with E-state index in [1.807, 2.05) is 18.2 Å². The van der Waals surface area contributed by atoms with Crippen LogP contribution < -0.4 is 11.3 Å². The first-order chi connectivity index (χ1) is 8.60. The van der Waals surface area contributed by atoms with Gasteiger partial charge in [-0.3, -0.25) is 11.3 Å². The van der Waals surface area contributed by atoms with E-state index in [0.29, 0.717) is 10.0 Å². The Bertz CT molecular complexity index is 545. The maximum Gasteiger partial charge on any atom is 0.0656 e. The summed E-state index contributed by atoms with van der Waals surface area (Å²) in [5.74, 6) is 5.62. The molecule has 1 aromatic carbocycles. The van der Waals surface area contributed by atoms with E-state index in [0.717, 1.165) is 12.0 Å². The molecular formula is C12H11Cl2IN2S. The van der Waals surface area contributed by atoms with Gasteiger partial charge in [-0.05, 0) is 63.7 Å². The van der Waals surface area contributed by atoms with Crippen molar-refractivity contribution in [3.8, 4) is 0 Å².